The van der Waals surface area contributed by atoms with Gasteiger partial charge in [-0.05, 0) is 78.3 Å². The first-order valence-electron chi connectivity index (χ1n) is 18.8. The van der Waals surface area contributed by atoms with Crippen molar-refractivity contribution in [3.05, 3.63) is 152 Å². The van der Waals surface area contributed by atoms with Crippen LogP contribution in [0.2, 0.25) is 0 Å². The van der Waals surface area contributed by atoms with Crippen LogP contribution in [-0.2, 0) is 0 Å². The first-order valence-corrected chi connectivity index (χ1v) is 23.3. The van der Waals surface area contributed by atoms with E-state index in [1.165, 1.54) is 85.4 Å². The van der Waals surface area contributed by atoms with Gasteiger partial charge in [-0.2, -0.15) is 0 Å². The fourth-order valence-corrected chi connectivity index (χ4v) is 18.0. The van der Waals surface area contributed by atoms with E-state index < -0.39 is 21.3 Å². The van der Waals surface area contributed by atoms with Gasteiger partial charge in [-0.1, -0.05) is 186 Å². The molecule has 0 heterocycles. The molecule has 7 rings (SSSR count). The first-order chi connectivity index (χ1) is 24.7. The fourth-order valence-electron chi connectivity index (χ4n) is 8.28. The minimum Gasteiger partial charge on any atom is -0.366 e. The van der Waals surface area contributed by atoms with Crippen LogP contribution < -0.4 is 26.1 Å². The van der Waals surface area contributed by atoms with Gasteiger partial charge in [0.2, 0.25) is 0 Å². The van der Waals surface area contributed by atoms with Crippen LogP contribution in [0, 0.1) is 0 Å². The maximum absolute atomic E-state index is 14.4. The topological polar surface area (TPSA) is 23.5 Å². The molecule has 0 aliphatic heterocycles. The Labute approximate surface area is 304 Å². The summed E-state index contributed by atoms with van der Waals surface area (Å²) < 4.78 is 0. The van der Waals surface area contributed by atoms with E-state index >= 15 is 0 Å². The second kappa shape index (κ2) is 17.6. The zero-order valence-electron chi connectivity index (χ0n) is 29.3. The molecule has 2 fully saturated rings. The van der Waals surface area contributed by atoms with E-state index in [0.29, 0.717) is 6.16 Å². The Morgan fingerprint density at radius 1 is 0.480 bits per heavy atom. The molecule has 0 saturated heterocycles. The van der Waals surface area contributed by atoms with E-state index in [-0.39, 0.29) is 7.92 Å². The van der Waals surface area contributed by atoms with Crippen LogP contribution in [0.3, 0.4) is 0 Å². The molecule has 1 N–H and O–H groups in total. The minimum absolute atomic E-state index is 0.337. The molecule has 1 unspecified atom stereocenters. The Bertz CT molecular complexity index is 1600. The lowest BCUT2D eigenvalue weighted by Crippen LogP contribution is -2.55. The number of hydrogen-bond acceptors (Lipinski definition) is 2. The van der Waals surface area contributed by atoms with E-state index in [2.05, 4.69) is 157 Å². The SMILES string of the molecule is OC(CP(c1ccccc1)c1ccccc1)(N(CP(C1CCCCC1)C1CCCCC1)c1ccccc1)P(c1ccccc1)c1ccccc1. The van der Waals surface area contributed by atoms with Crippen LogP contribution in [0.4, 0.5) is 5.69 Å². The molecule has 5 aromatic rings. The predicted octanol–water partition coefficient (Wildman–Crippen LogP) is 10.5. The number of nitrogens with zero attached hydrogens (tertiary/aromatic N) is 1. The van der Waals surface area contributed by atoms with Crippen LogP contribution in [0.5, 0.6) is 0 Å². The highest BCUT2D eigenvalue weighted by molar-refractivity contribution is 7.77. The van der Waals surface area contributed by atoms with E-state index in [1.807, 2.05) is 0 Å². The van der Waals surface area contributed by atoms with Crippen LogP contribution in [0.25, 0.3) is 0 Å². The summed E-state index contributed by atoms with van der Waals surface area (Å²) in [5.74, 6) is 0. The van der Waals surface area contributed by atoms with Crippen molar-refractivity contribution in [3.63, 3.8) is 0 Å². The van der Waals surface area contributed by atoms with Gasteiger partial charge in [0.05, 0.1) is 0 Å². The summed E-state index contributed by atoms with van der Waals surface area (Å²) in [5, 5.41) is 19.5. The summed E-state index contributed by atoms with van der Waals surface area (Å²) in [4.78, 5) is 2.58. The van der Waals surface area contributed by atoms with Gasteiger partial charge < -0.3 is 10.0 Å². The van der Waals surface area contributed by atoms with Crippen molar-refractivity contribution in [2.75, 3.05) is 17.3 Å². The van der Waals surface area contributed by atoms with E-state index in [1.54, 1.807) is 0 Å². The van der Waals surface area contributed by atoms with Crippen LogP contribution in [0.1, 0.15) is 64.2 Å². The van der Waals surface area contributed by atoms with Crippen molar-refractivity contribution < 1.29 is 5.11 Å². The Morgan fingerprint density at radius 3 is 1.24 bits per heavy atom. The first kappa shape index (κ1) is 35.5. The summed E-state index contributed by atoms with van der Waals surface area (Å²) in [6, 6.07) is 55.1. The number of anilines is 1. The Hall–Kier alpha value is -2.85. The zero-order valence-corrected chi connectivity index (χ0v) is 32.0. The van der Waals surface area contributed by atoms with E-state index in [4.69, 9.17) is 0 Å². The normalized spacial score (nSPS) is 17.2. The number of benzene rings is 5. The molecule has 0 radical (unpaired) electrons. The Kier molecular flexibility index (Phi) is 12.5. The van der Waals surface area contributed by atoms with Crippen molar-refractivity contribution in [2.45, 2.75) is 81.0 Å². The molecule has 1 atom stereocenters. The molecule has 5 aromatic carbocycles. The molecule has 2 saturated carbocycles. The quantitative estimate of drug-likeness (QED) is 0.0969. The van der Waals surface area contributed by atoms with E-state index in [9.17, 15) is 5.11 Å². The molecule has 2 aliphatic rings. The second-order valence-electron chi connectivity index (χ2n) is 14.0. The molecular formula is C45H52NOP3. The van der Waals surface area contributed by atoms with Gasteiger partial charge in [0.15, 0.2) is 5.47 Å². The highest BCUT2D eigenvalue weighted by Crippen LogP contribution is 2.61. The molecule has 2 aliphatic carbocycles. The molecule has 5 heteroatoms. The van der Waals surface area contributed by atoms with Gasteiger partial charge in [0, 0.05) is 26.1 Å². The van der Waals surface area contributed by atoms with Crippen LogP contribution in [0.15, 0.2) is 152 Å². The van der Waals surface area contributed by atoms with Crippen molar-refractivity contribution in [1.82, 2.24) is 0 Å². The standard InChI is InChI=1S/C45H52NOP3/c47-45(50(43-32-18-6-19-33-43)44-34-20-7-21-35-44,36-48(39-24-10-2-11-25-39)40-26-12-3-13-27-40)46(38-22-8-1-9-23-38)37-49(41-28-14-4-15-29-41)42-30-16-5-17-31-42/h1-3,6-13,18-27,32-35,41-42,47H,4-5,14-17,28-31,36-37H2. The van der Waals surface area contributed by atoms with Gasteiger partial charge in [0.1, 0.15) is 0 Å². The lowest BCUT2D eigenvalue weighted by atomic mass is 9.99. The second-order valence-corrected chi connectivity index (χ2v) is 21.4. The lowest BCUT2D eigenvalue weighted by Gasteiger charge is -2.51. The Balaban J connectivity index is 1.44. The van der Waals surface area contributed by atoms with Gasteiger partial charge in [0.25, 0.3) is 0 Å². The molecule has 0 aromatic heterocycles. The van der Waals surface area contributed by atoms with Gasteiger partial charge in [-0.3, -0.25) is 0 Å². The van der Waals surface area contributed by atoms with Gasteiger partial charge in [-0.15, -0.1) is 0 Å². The predicted molar refractivity (Wildman–Crippen MR) is 222 cm³/mol. The summed E-state index contributed by atoms with van der Waals surface area (Å²) in [6.07, 6.45) is 15.2. The maximum Gasteiger partial charge on any atom is 0.169 e. The summed E-state index contributed by atoms with van der Waals surface area (Å²) in [7, 11) is -2.46. The van der Waals surface area contributed by atoms with Crippen molar-refractivity contribution in [1.29, 1.82) is 0 Å². The van der Waals surface area contributed by atoms with Gasteiger partial charge in [-0.25, -0.2) is 0 Å². The number of aliphatic hydroxyl groups is 1. The van der Waals surface area contributed by atoms with Crippen molar-refractivity contribution in [3.8, 4) is 0 Å². The number of rotatable bonds is 13. The highest BCUT2D eigenvalue weighted by atomic mass is 31.1. The summed E-state index contributed by atoms with van der Waals surface area (Å²) >= 11 is 0. The third kappa shape index (κ3) is 8.43. The monoisotopic (exact) mass is 715 g/mol. The third-order valence-corrected chi connectivity index (χ3v) is 19.9. The zero-order chi connectivity index (χ0) is 34.0. The maximum atomic E-state index is 14.4. The number of para-hydroxylation sites is 1. The molecule has 50 heavy (non-hydrogen) atoms. The molecule has 0 spiro atoms. The largest absolute Gasteiger partial charge is 0.366 e. The van der Waals surface area contributed by atoms with Gasteiger partial charge >= 0.3 is 0 Å². The van der Waals surface area contributed by atoms with Crippen molar-refractivity contribution >= 4 is 50.7 Å². The molecule has 0 amide bonds. The molecule has 2 nitrogen and oxygen atoms in total. The Morgan fingerprint density at radius 2 is 0.840 bits per heavy atom. The third-order valence-electron chi connectivity index (χ3n) is 10.8. The molecule has 258 valence electrons. The average molecular weight is 716 g/mol. The minimum atomic E-state index is -1.23. The highest BCUT2D eigenvalue weighted by Gasteiger charge is 2.48. The average Bonchev–Trinajstić information content (AvgIpc) is 3.20. The van der Waals surface area contributed by atoms with Crippen LogP contribution >= 0.6 is 23.8 Å². The fraction of sp³-hybridized carbons (Fsp3) is 0.333. The summed E-state index contributed by atoms with van der Waals surface area (Å²) in [6.45, 7) is 0. The van der Waals surface area contributed by atoms with Crippen molar-refractivity contribution in [2.24, 2.45) is 0 Å². The summed E-state index contributed by atoms with van der Waals surface area (Å²) in [5.41, 5.74) is 1.56. The molecule has 0 bridgehead atoms. The van der Waals surface area contributed by atoms with Crippen LogP contribution in [-0.4, -0.2) is 34.3 Å². The smallest absolute Gasteiger partial charge is 0.169 e. The number of hydrogen-bond donors (Lipinski definition) is 1. The molecular weight excluding hydrogens is 663 g/mol. The van der Waals surface area contributed by atoms with E-state index in [0.717, 1.165) is 23.3 Å². The lowest BCUT2D eigenvalue weighted by molar-refractivity contribution is 0.155.